The maximum absolute atomic E-state index is 13.8. The van der Waals surface area contributed by atoms with Gasteiger partial charge in [-0.05, 0) is 36.1 Å². The molecule has 0 saturated heterocycles. The number of hydrogen-bond donors (Lipinski definition) is 2. The van der Waals surface area contributed by atoms with Crippen molar-refractivity contribution in [2.24, 2.45) is 5.84 Å². The van der Waals surface area contributed by atoms with Gasteiger partial charge in [-0.3, -0.25) is 5.84 Å². The molecule has 0 spiro atoms. The molecule has 96 valence electrons. The fourth-order valence-electron chi connectivity index (χ4n) is 1.75. The molecule has 0 fully saturated rings. The Kier molecular flexibility index (Phi) is 3.97. The van der Waals surface area contributed by atoms with E-state index in [1.165, 1.54) is 11.3 Å². The average molecular weight is 289 g/mol. The first kappa shape index (κ1) is 13.4. The summed E-state index contributed by atoms with van der Waals surface area (Å²) in [6, 6.07) is 3.34. The van der Waals surface area contributed by atoms with Crippen molar-refractivity contribution in [1.82, 2.24) is 5.43 Å². The zero-order valence-corrected chi connectivity index (χ0v) is 11.1. The summed E-state index contributed by atoms with van der Waals surface area (Å²) in [6.45, 7) is 1.89. The highest BCUT2D eigenvalue weighted by atomic mass is 35.5. The topological polar surface area (TPSA) is 38.0 Å². The van der Waals surface area contributed by atoms with E-state index in [-0.39, 0.29) is 10.6 Å². The van der Waals surface area contributed by atoms with Crippen molar-refractivity contribution in [2.75, 3.05) is 0 Å². The lowest BCUT2D eigenvalue weighted by molar-refractivity contribution is 0.548. The van der Waals surface area contributed by atoms with Crippen LogP contribution >= 0.6 is 22.9 Å². The molecule has 3 N–H and O–H groups in total. The highest BCUT2D eigenvalue weighted by Gasteiger charge is 2.21. The van der Waals surface area contributed by atoms with E-state index in [1.807, 2.05) is 18.4 Å². The Morgan fingerprint density at radius 2 is 2.06 bits per heavy atom. The second kappa shape index (κ2) is 5.32. The summed E-state index contributed by atoms with van der Waals surface area (Å²) in [5.41, 5.74) is 3.62. The van der Waals surface area contributed by atoms with E-state index >= 15 is 0 Å². The van der Waals surface area contributed by atoms with Crippen LogP contribution in [-0.4, -0.2) is 0 Å². The molecule has 18 heavy (non-hydrogen) atoms. The third-order valence-electron chi connectivity index (χ3n) is 2.68. The maximum atomic E-state index is 13.8. The van der Waals surface area contributed by atoms with Crippen LogP contribution in [0.25, 0.3) is 0 Å². The van der Waals surface area contributed by atoms with E-state index < -0.39 is 17.7 Å². The molecule has 2 rings (SSSR count). The minimum absolute atomic E-state index is 0.143. The first-order chi connectivity index (χ1) is 8.54. The lowest BCUT2D eigenvalue weighted by atomic mass is 10.0. The molecule has 1 aromatic heterocycles. The van der Waals surface area contributed by atoms with Crippen molar-refractivity contribution in [3.05, 3.63) is 56.2 Å². The lowest BCUT2D eigenvalue weighted by Crippen LogP contribution is -2.29. The van der Waals surface area contributed by atoms with Gasteiger partial charge in [-0.25, -0.2) is 14.2 Å². The summed E-state index contributed by atoms with van der Waals surface area (Å²) in [7, 11) is 0. The van der Waals surface area contributed by atoms with Crippen LogP contribution < -0.4 is 11.3 Å². The summed E-state index contributed by atoms with van der Waals surface area (Å²) in [5, 5.41) is 1.63. The van der Waals surface area contributed by atoms with Crippen molar-refractivity contribution in [3.8, 4) is 0 Å². The van der Waals surface area contributed by atoms with Gasteiger partial charge >= 0.3 is 0 Å². The van der Waals surface area contributed by atoms with E-state index in [0.717, 1.165) is 22.6 Å². The van der Waals surface area contributed by atoms with Gasteiger partial charge in [0, 0.05) is 10.4 Å². The summed E-state index contributed by atoms with van der Waals surface area (Å²) >= 11 is 6.96. The molecule has 1 unspecified atom stereocenters. The normalized spacial score (nSPS) is 12.7. The van der Waals surface area contributed by atoms with E-state index in [1.54, 1.807) is 0 Å². The fourth-order valence-corrected chi connectivity index (χ4v) is 2.90. The molecule has 2 nitrogen and oxygen atoms in total. The number of aryl methyl sites for hydroxylation is 1. The van der Waals surface area contributed by atoms with Crippen LogP contribution in [0.4, 0.5) is 8.78 Å². The number of thiophene rings is 1. The van der Waals surface area contributed by atoms with Gasteiger partial charge in [-0.2, -0.15) is 0 Å². The van der Waals surface area contributed by atoms with Gasteiger partial charge in [0.25, 0.3) is 0 Å². The predicted octanol–water partition coefficient (Wildman–Crippen LogP) is 3.54. The Labute approximate surface area is 112 Å². The van der Waals surface area contributed by atoms with Gasteiger partial charge in [-0.15, -0.1) is 11.3 Å². The number of benzene rings is 1. The van der Waals surface area contributed by atoms with E-state index in [4.69, 9.17) is 17.4 Å². The quantitative estimate of drug-likeness (QED) is 0.515. The monoisotopic (exact) mass is 288 g/mol. The minimum atomic E-state index is -0.664. The van der Waals surface area contributed by atoms with Crippen LogP contribution in [0.1, 0.15) is 22.0 Å². The van der Waals surface area contributed by atoms with Crippen LogP contribution in [0.15, 0.2) is 23.6 Å². The summed E-state index contributed by atoms with van der Waals surface area (Å²) in [6.07, 6.45) is 0. The second-order valence-electron chi connectivity index (χ2n) is 3.86. The first-order valence-electron chi connectivity index (χ1n) is 5.19. The van der Waals surface area contributed by atoms with Crippen molar-refractivity contribution in [1.29, 1.82) is 0 Å². The number of nitrogens with one attached hydrogen (secondary N) is 1. The maximum Gasteiger partial charge on any atom is 0.142 e. The predicted molar refractivity (Wildman–Crippen MR) is 69.6 cm³/mol. The lowest BCUT2D eigenvalue weighted by Gasteiger charge is -2.17. The number of hydrazine groups is 1. The van der Waals surface area contributed by atoms with Gasteiger partial charge in [0.2, 0.25) is 0 Å². The van der Waals surface area contributed by atoms with Gasteiger partial charge in [0.1, 0.15) is 11.6 Å². The van der Waals surface area contributed by atoms with E-state index in [9.17, 15) is 8.78 Å². The second-order valence-corrected chi connectivity index (χ2v) is 5.21. The minimum Gasteiger partial charge on any atom is -0.271 e. The Morgan fingerprint density at radius 3 is 2.61 bits per heavy atom. The van der Waals surface area contributed by atoms with Crippen LogP contribution in [0.2, 0.25) is 5.02 Å². The molecule has 0 amide bonds. The molecule has 0 bridgehead atoms. The van der Waals surface area contributed by atoms with Crippen molar-refractivity contribution in [3.63, 3.8) is 0 Å². The molecule has 1 aromatic carbocycles. The molecule has 0 radical (unpaired) electrons. The Bertz CT molecular complexity index is 571. The zero-order chi connectivity index (χ0) is 13.3. The highest BCUT2D eigenvalue weighted by molar-refractivity contribution is 7.10. The molecule has 0 aliphatic heterocycles. The molecule has 2 aromatic rings. The van der Waals surface area contributed by atoms with E-state index in [2.05, 4.69) is 5.43 Å². The third-order valence-corrected chi connectivity index (χ3v) is 4.05. The molecular formula is C12H11ClF2N2S. The third kappa shape index (κ3) is 2.40. The van der Waals surface area contributed by atoms with Crippen LogP contribution in [0.3, 0.4) is 0 Å². The molecule has 0 aliphatic rings. The summed E-state index contributed by atoms with van der Waals surface area (Å²) in [4.78, 5) is 0.845. The summed E-state index contributed by atoms with van der Waals surface area (Å²) in [5.74, 6) is 4.21. The molecule has 0 saturated carbocycles. The van der Waals surface area contributed by atoms with Gasteiger partial charge < -0.3 is 0 Å². The number of halogens is 3. The van der Waals surface area contributed by atoms with Crippen LogP contribution in [0.5, 0.6) is 0 Å². The van der Waals surface area contributed by atoms with Crippen LogP contribution in [-0.2, 0) is 0 Å². The van der Waals surface area contributed by atoms with Crippen molar-refractivity contribution in [2.45, 2.75) is 13.0 Å². The molecule has 1 heterocycles. The van der Waals surface area contributed by atoms with Gasteiger partial charge in [-0.1, -0.05) is 11.6 Å². The zero-order valence-electron chi connectivity index (χ0n) is 9.51. The SMILES string of the molecule is Cc1ccsc1C(NN)c1cc(F)c(Cl)cc1F. The largest absolute Gasteiger partial charge is 0.271 e. The van der Waals surface area contributed by atoms with E-state index in [0.29, 0.717) is 0 Å². The number of nitrogens with two attached hydrogens (primary N) is 1. The van der Waals surface area contributed by atoms with Gasteiger partial charge in [0.15, 0.2) is 0 Å². The fraction of sp³-hybridized carbons (Fsp3) is 0.167. The average Bonchev–Trinajstić information content (AvgIpc) is 2.73. The number of hydrogen-bond acceptors (Lipinski definition) is 3. The first-order valence-corrected chi connectivity index (χ1v) is 6.45. The smallest absolute Gasteiger partial charge is 0.142 e. The van der Waals surface area contributed by atoms with Crippen molar-refractivity contribution >= 4 is 22.9 Å². The molecule has 0 aliphatic carbocycles. The molecule has 1 atom stereocenters. The Hall–Kier alpha value is -1.01. The highest BCUT2D eigenvalue weighted by Crippen LogP contribution is 2.32. The Morgan fingerprint density at radius 1 is 1.33 bits per heavy atom. The molecular weight excluding hydrogens is 278 g/mol. The van der Waals surface area contributed by atoms with Crippen LogP contribution in [0, 0.1) is 18.6 Å². The summed E-state index contributed by atoms with van der Waals surface area (Å²) < 4.78 is 27.3. The van der Waals surface area contributed by atoms with Gasteiger partial charge in [0.05, 0.1) is 11.1 Å². The van der Waals surface area contributed by atoms with Crippen molar-refractivity contribution < 1.29 is 8.78 Å². The Balaban J connectivity index is 2.52. The number of rotatable bonds is 3. The molecule has 6 heteroatoms. The standard InChI is InChI=1S/C12H11ClF2N2S/c1-6-2-3-18-12(6)11(17-16)7-4-10(15)8(13)5-9(7)14/h2-5,11,17H,16H2,1H3.